The van der Waals surface area contributed by atoms with Gasteiger partial charge in [-0.25, -0.2) is 13.1 Å². The average Bonchev–Trinajstić information content (AvgIpc) is 3.27. The number of alkyl halides is 3. The Hall–Kier alpha value is -2.59. The maximum atomic E-state index is 12.8. The molecule has 0 aromatic heterocycles. The smallest absolute Gasteiger partial charge is 0.406 e. The summed E-state index contributed by atoms with van der Waals surface area (Å²) in [6.07, 6.45) is -3.61. The number of fused-ring (bicyclic) bond motifs is 2. The van der Waals surface area contributed by atoms with Gasteiger partial charge in [0.1, 0.15) is 5.75 Å². The summed E-state index contributed by atoms with van der Waals surface area (Å²) in [6, 6.07) is 12.5. The molecule has 1 aliphatic heterocycles. The van der Waals surface area contributed by atoms with Crippen LogP contribution >= 0.6 is 0 Å². The third-order valence-electron chi connectivity index (χ3n) is 5.50. The van der Waals surface area contributed by atoms with Crippen LogP contribution < -0.4 is 9.46 Å². The first-order chi connectivity index (χ1) is 14.1. The molecule has 0 spiro atoms. The van der Waals surface area contributed by atoms with E-state index in [0.717, 1.165) is 12.1 Å². The van der Waals surface area contributed by atoms with Gasteiger partial charge < -0.3 is 9.64 Å². The van der Waals surface area contributed by atoms with Crippen molar-refractivity contribution in [3.63, 3.8) is 0 Å². The number of benzene rings is 2. The first-order valence-electron chi connectivity index (χ1n) is 9.36. The summed E-state index contributed by atoms with van der Waals surface area (Å²) in [7, 11) is -3.64. The number of nitrogens with zero attached hydrogens (tertiary/aromatic N) is 1. The van der Waals surface area contributed by atoms with Crippen molar-refractivity contribution in [3.05, 3.63) is 60.2 Å². The van der Waals surface area contributed by atoms with Crippen molar-refractivity contribution in [2.24, 2.45) is 5.92 Å². The lowest BCUT2D eigenvalue weighted by atomic mass is 10.0. The van der Waals surface area contributed by atoms with E-state index < -0.39 is 22.1 Å². The van der Waals surface area contributed by atoms with E-state index in [2.05, 4.69) is 9.46 Å². The lowest BCUT2D eigenvalue weighted by Gasteiger charge is -2.32. The van der Waals surface area contributed by atoms with Crippen LogP contribution in [0.15, 0.2) is 59.5 Å². The number of hydrogen-bond acceptors (Lipinski definition) is 4. The number of carbonyl (C=O) groups is 1. The molecule has 10 heteroatoms. The Kier molecular flexibility index (Phi) is 5.23. The first kappa shape index (κ1) is 20.7. The van der Waals surface area contributed by atoms with Crippen LogP contribution in [0.2, 0.25) is 0 Å². The second kappa shape index (κ2) is 7.59. The molecule has 1 amide bonds. The normalized spacial score (nSPS) is 23.6. The van der Waals surface area contributed by atoms with E-state index in [9.17, 15) is 26.4 Å². The van der Waals surface area contributed by atoms with Gasteiger partial charge in [0.2, 0.25) is 10.0 Å². The molecule has 1 heterocycles. The predicted octanol–water partition coefficient (Wildman–Crippen LogP) is 3.17. The Morgan fingerprint density at radius 3 is 2.27 bits per heavy atom. The molecule has 6 nitrogen and oxygen atoms in total. The molecule has 160 valence electrons. The third-order valence-corrected chi connectivity index (χ3v) is 7.00. The van der Waals surface area contributed by atoms with E-state index >= 15 is 0 Å². The topological polar surface area (TPSA) is 75.7 Å². The van der Waals surface area contributed by atoms with Crippen LogP contribution in [0.3, 0.4) is 0 Å². The first-order valence-corrected chi connectivity index (χ1v) is 10.8. The molecular weight excluding hydrogens is 421 g/mol. The number of ether oxygens (including phenoxy) is 1. The highest BCUT2D eigenvalue weighted by Gasteiger charge is 2.47. The van der Waals surface area contributed by atoms with Crippen LogP contribution in [-0.2, 0) is 10.0 Å². The zero-order valence-corrected chi connectivity index (χ0v) is 16.5. The summed E-state index contributed by atoms with van der Waals surface area (Å²) in [4.78, 5) is 14.6. The Labute approximate surface area is 171 Å². The van der Waals surface area contributed by atoms with E-state index in [-0.39, 0.29) is 34.4 Å². The minimum atomic E-state index is -4.79. The highest BCUT2D eigenvalue weighted by Crippen LogP contribution is 2.39. The zero-order chi connectivity index (χ0) is 21.5. The Bertz CT molecular complexity index is 1030. The van der Waals surface area contributed by atoms with Gasteiger partial charge in [-0.1, -0.05) is 18.2 Å². The van der Waals surface area contributed by atoms with Crippen molar-refractivity contribution in [1.29, 1.82) is 0 Å². The van der Waals surface area contributed by atoms with Gasteiger partial charge >= 0.3 is 6.36 Å². The number of sulfonamides is 1. The molecule has 1 N–H and O–H groups in total. The highest BCUT2D eigenvalue weighted by atomic mass is 32.2. The minimum Gasteiger partial charge on any atom is -0.406 e. The lowest BCUT2D eigenvalue weighted by molar-refractivity contribution is -0.274. The summed E-state index contributed by atoms with van der Waals surface area (Å²) >= 11 is 0. The molecule has 2 fully saturated rings. The molecule has 4 rings (SSSR count). The highest BCUT2D eigenvalue weighted by molar-refractivity contribution is 7.89. The molecule has 2 aromatic rings. The van der Waals surface area contributed by atoms with Crippen molar-refractivity contribution in [2.45, 2.75) is 36.2 Å². The van der Waals surface area contributed by atoms with Gasteiger partial charge in [-0.3, -0.25) is 4.79 Å². The quantitative estimate of drug-likeness (QED) is 0.775. The molecule has 2 aromatic carbocycles. The maximum Gasteiger partial charge on any atom is 0.573 e. The summed E-state index contributed by atoms with van der Waals surface area (Å²) in [6.45, 7) is 0.395. The van der Waals surface area contributed by atoms with Crippen LogP contribution in [0.5, 0.6) is 5.75 Å². The van der Waals surface area contributed by atoms with Crippen molar-refractivity contribution in [1.82, 2.24) is 9.62 Å². The number of nitrogens with one attached hydrogen (secondary N) is 1. The van der Waals surface area contributed by atoms with Gasteiger partial charge in [0, 0.05) is 24.2 Å². The number of piperidine rings is 1. The summed E-state index contributed by atoms with van der Waals surface area (Å²) in [5, 5.41) is 0. The summed E-state index contributed by atoms with van der Waals surface area (Å²) < 4.78 is 68.5. The number of halogens is 3. The Morgan fingerprint density at radius 2 is 1.70 bits per heavy atom. The molecule has 2 bridgehead atoms. The fourth-order valence-electron chi connectivity index (χ4n) is 4.18. The van der Waals surface area contributed by atoms with Crippen LogP contribution in [0.25, 0.3) is 0 Å². The minimum absolute atomic E-state index is 0.00901. The molecular formula is C20H19F3N2O4S. The van der Waals surface area contributed by atoms with Gasteiger partial charge in [0.15, 0.2) is 0 Å². The van der Waals surface area contributed by atoms with Crippen molar-refractivity contribution in [2.75, 3.05) is 6.54 Å². The van der Waals surface area contributed by atoms with E-state index in [1.807, 2.05) is 0 Å². The molecule has 0 radical (unpaired) electrons. The van der Waals surface area contributed by atoms with Crippen LogP contribution in [0.1, 0.15) is 23.2 Å². The van der Waals surface area contributed by atoms with Crippen LogP contribution in [0.4, 0.5) is 13.2 Å². The summed E-state index contributed by atoms with van der Waals surface area (Å²) in [5.41, 5.74) is 0.262. The standard InChI is InChI=1S/C20H19F3N2O4S/c21-20(22,23)29-16-8-6-13(7-9-16)19(26)25-12-14-10-15(25)11-18(14)24-30(27,28)17-4-2-1-3-5-17/h1-9,14-15,18,24H,10-12H2. The lowest BCUT2D eigenvalue weighted by Crippen LogP contribution is -2.47. The van der Waals surface area contributed by atoms with Gasteiger partial charge in [0.25, 0.3) is 5.91 Å². The maximum absolute atomic E-state index is 12.8. The molecule has 3 unspecified atom stereocenters. The monoisotopic (exact) mass is 440 g/mol. The van der Waals surface area contributed by atoms with Crippen LogP contribution in [0, 0.1) is 5.92 Å². The molecule has 1 saturated carbocycles. The molecule has 2 aliphatic rings. The van der Waals surface area contributed by atoms with Gasteiger partial charge in [0.05, 0.1) is 4.90 Å². The number of amides is 1. The van der Waals surface area contributed by atoms with E-state index in [1.54, 1.807) is 23.1 Å². The summed E-state index contributed by atoms with van der Waals surface area (Å²) in [5.74, 6) is -0.687. The molecule has 3 atom stereocenters. The number of likely N-dealkylation sites (tertiary alicyclic amines) is 1. The fourth-order valence-corrected chi connectivity index (χ4v) is 5.52. The SMILES string of the molecule is O=C(c1ccc(OC(F)(F)F)cc1)N1CC2CC1CC2NS(=O)(=O)c1ccccc1. The number of carbonyl (C=O) groups excluding carboxylic acids is 1. The zero-order valence-electron chi connectivity index (χ0n) is 15.7. The van der Waals surface area contributed by atoms with E-state index in [1.165, 1.54) is 24.3 Å². The Morgan fingerprint density at radius 1 is 1.03 bits per heavy atom. The largest absolute Gasteiger partial charge is 0.573 e. The Balaban J connectivity index is 1.39. The van der Waals surface area contributed by atoms with Gasteiger partial charge in [-0.05, 0) is 55.2 Å². The van der Waals surface area contributed by atoms with Crippen molar-refractivity contribution >= 4 is 15.9 Å². The molecule has 1 aliphatic carbocycles. The second-order valence-electron chi connectivity index (χ2n) is 7.46. The molecule has 1 saturated heterocycles. The number of hydrogen-bond donors (Lipinski definition) is 1. The van der Waals surface area contributed by atoms with E-state index in [4.69, 9.17) is 0 Å². The van der Waals surface area contributed by atoms with Gasteiger partial charge in [-0.2, -0.15) is 0 Å². The second-order valence-corrected chi connectivity index (χ2v) is 9.17. The number of rotatable bonds is 5. The van der Waals surface area contributed by atoms with E-state index in [0.29, 0.717) is 19.4 Å². The third kappa shape index (κ3) is 4.29. The van der Waals surface area contributed by atoms with Crippen LogP contribution in [-0.4, -0.2) is 44.2 Å². The average molecular weight is 440 g/mol. The fraction of sp³-hybridized carbons (Fsp3) is 0.350. The predicted molar refractivity (Wildman–Crippen MR) is 101 cm³/mol. The van der Waals surface area contributed by atoms with Crippen molar-refractivity contribution < 1.29 is 31.1 Å². The van der Waals surface area contributed by atoms with Gasteiger partial charge in [-0.15, -0.1) is 13.2 Å². The molecule has 30 heavy (non-hydrogen) atoms. The van der Waals surface area contributed by atoms with Crippen molar-refractivity contribution in [3.8, 4) is 5.75 Å².